The normalized spacial score (nSPS) is 12.1. The van der Waals surface area contributed by atoms with Gasteiger partial charge in [-0.05, 0) is 181 Å². The Labute approximate surface area is 854 Å². The summed E-state index contributed by atoms with van der Waals surface area (Å²) in [5.74, 6) is 0.930. The van der Waals surface area contributed by atoms with Gasteiger partial charge in [-0.1, -0.05) is 437 Å². The van der Waals surface area contributed by atoms with Crippen LogP contribution in [0.15, 0.2) is 516 Å². The summed E-state index contributed by atoms with van der Waals surface area (Å²) in [6.07, 6.45) is 0. The molecule has 32 aromatic rings. The molecule has 688 valence electrons. The molecule has 8 heterocycles. The van der Waals surface area contributed by atoms with Crippen LogP contribution < -0.4 is 20.7 Å². The zero-order valence-corrected chi connectivity index (χ0v) is 81.8. The van der Waals surface area contributed by atoms with Crippen molar-refractivity contribution in [2.45, 2.75) is 0 Å². The largest absolute Gasteiger partial charge is 0.292 e. The van der Waals surface area contributed by atoms with Crippen molar-refractivity contribution >= 4 is 241 Å². The molecule has 24 aromatic carbocycles. The minimum Gasteiger partial charge on any atom is -0.292 e. The van der Waals surface area contributed by atoms with E-state index >= 15 is 0 Å². The van der Waals surface area contributed by atoms with Crippen molar-refractivity contribution in [1.82, 2.24) is 42.7 Å². The highest BCUT2D eigenvalue weighted by atomic mass is 32.1. The van der Waals surface area contributed by atoms with Crippen molar-refractivity contribution < 1.29 is 0 Å². The minimum absolute atomic E-state index is 0.930. The van der Waals surface area contributed by atoms with Crippen LogP contribution in [0.2, 0.25) is 0 Å². The van der Waals surface area contributed by atoms with Gasteiger partial charge in [0.1, 0.15) is 27.8 Å². The summed E-state index contributed by atoms with van der Waals surface area (Å²) in [6.45, 7) is 0. The van der Waals surface area contributed by atoms with Crippen LogP contribution in [0, 0.1) is 0 Å². The zero-order chi connectivity index (χ0) is 97.2. The molecule has 0 fully saturated rings. The van der Waals surface area contributed by atoms with Crippen LogP contribution >= 0.6 is 11.3 Å². The third-order valence-corrected chi connectivity index (χ3v) is 36.6. The zero-order valence-electron chi connectivity index (χ0n) is 80.0. The van der Waals surface area contributed by atoms with Crippen molar-refractivity contribution in [1.29, 1.82) is 0 Å². The molecule has 0 saturated heterocycles. The third kappa shape index (κ3) is 13.1. The lowest BCUT2D eigenvalue weighted by Crippen LogP contribution is -2.74. The van der Waals surface area contributed by atoms with E-state index in [1.165, 1.54) is 161 Å². The van der Waals surface area contributed by atoms with Gasteiger partial charge in [0, 0.05) is 81.4 Å². The number of rotatable bonds is 10. The van der Waals surface area contributed by atoms with Gasteiger partial charge in [0.25, 0.3) is 0 Å². The summed E-state index contributed by atoms with van der Waals surface area (Å²) in [5.41, 5.74) is 26.6. The molecule has 0 aliphatic heterocycles. The Morgan fingerprint density at radius 2 is 0.459 bits per heavy atom. The number of imidazole rings is 4. The van der Waals surface area contributed by atoms with Crippen LogP contribution in [-0.2, 0) is 0 Å². The highest BCUT2D eigenvalue weighted by Gasteiger charge is 2.41. The molecule has 0 aliphatic carbocycles. The van der Waals surface area contributed by atoms with Crippen molar-refractivity contribution in [3.63, 3.8) is 0 Å². The van der Waals surface area contributed by atoms with Gasteiger partial charge >= 0.3 is 0 Å². The summed E-state index contributed by atoms with van der Waals surface area (Å²) in [7, 11) is -2.60. The fraction of sp³-hybridized carbons (Fsp3) is 0. The second-order valence-electron chi connectivity index (χ2n) is 38.7. The number of thiazole rings is 1. The monoisotopic (exact) mass is 1920 g/mol. The van der Waals surface area contributed by atoms with Gasteiger partial charge in [0.15, 0.2) is 8.07 Å². The molecule has 0 spiro atoms. The van der Waals surface area contributed by atoms with Gasteiger partial charge < -0.3 is 0 Å². The Balaban J connectivity index is 0.000000103. The number of benzene rings is 24. The standard InChI is InChI=1S/C51H34N2Si.C46H28N4.C40H23N3S/c1-4-16-37(17-5-1)54(38-18-6-2-7-19-38,39-20-8-3-9-21-39)40-31-28-35(29-32-40)36-30-33-46-47(34-36)43-24-14-15-27-48(43)53-50-45-26-13-11-23-42(45)41-22-10-12-25-44(41)49(50)52-51(46)53;1-2-12-32(13-3-1)49-42-21-11-9-19-40(42)47-45(49)30-24-22-29(23-25-30)31-26-27-35-36-16-8-10-20-41(36)50-44-38-18-7-5-15-34(38)33-14-4-6-17-37(33)43(44)48-46(50)39(35)28-31;1-3-12-31-27(9-1)28-10-2-4-13-32(28)38-37(31)42-39-33-23-26(21-22-29(33)30-11-5-7-15-35(30)43(38)39)24-17-19-25(20-18-24)40-41-34-14-6-8-16-36(34)44-40/h1-34H;1-28H;1-23H. The predicted molar refractivity (Wildman–Crippen MR) is 627 cm³/mol. The van der Waals surface area contributed by atoms with Gasteiger partial charge in [-0.15, -0.1) is 11.3 Å². The molecule has 0 aliphatic rings. The van der Waals surface area contributed by atoms with E-state index in [1.54, 1.807) is 11.3 Å². The van der Waals surface area contributed by atoms with Gasteiger partial charge in [-0.25, -0.2) is 24.9 Å². The molecule has 0 N–H and O–H groups in total. The molecular weight excluding hydrogens is 1830 g/mol. The van der Waals surface area contributed by atoms with Crippen molar-refractivity contribution in [3.05, 3.63) is 516 Å². The molecule has 0 bridgehead atoms. The molecule has 0 amide bonds. The van der Waals surface area contributed by atoms with Gasteiger partial charge in [-0.3, -0.25) is 17.8 Å². The van der Waals surface area contributed by atoms with Crippen LogP contribution in [0.1, 0.15) is 0 Å². The summed E-state index contributed by atoms with van der Waals surface area (Å²) in [4.78, 5) is 26.3. The number of hydrogen-bond acceptors (Lipinski definition) is 6. The maximum Gasteiger partial charge on any atom is 0.179 e. The first-order chi connectivity index (χ1) is 73.4. The van der Waals surface area contributed by atoms with E-state index in [9.17, 15) is 0 Å². The number of pyridine rings is 3. The van der Waals surface area contributed by atoms with Gasteiger partial charge in [0.2, 0.25) is 0 Å². The van der Waals surface area contributed by atoms with Crippen LogP contribution in [0.25, 0.3) is 262 Å². The Hall–Kier alpha value is -19.2. The first kappa shape index (κ1) is 84.5. The molecular formula is C137H85N9SSi. The predicted octanol–water partition coefficient (Wildman–Crippen LogP) is 33.0. The molecule has 0 atom stereocenters. The van der Waals surface area contributed by atoms with E-state index in [4.69, 9.17) is 24.9 Å². The van der Waals surface area contributed by atoms with Crippen molar-refractivity contribution in [3.8, 4) is 61.0 Å². The maximum absolute atomic E-state index is 5.47. The van der Waals surface area contributed by atoms with Crippen molar-refractivity contribution in [2.75, 3.05) is 0 Å². The molecule has 0 unspecified atom stereocenters. The average molecular weight is 1920 g/mol. The van der Waals surface area contributed by atoms with E-state index in [0.717, 1.165) is 122 Å². The van der Waals surface area contributed by atoms with Crippen LogP contribution in [0.4, 0.5) is 0 Å². The topological polar surface area (TPSA) is 82.6 Å². The number of aromatic nitrogens is 9. The average Bonchev–Trinajstić information content (AvgIpc) is 1.54. The number of nitrogens with zero attached hydrogens (tertiary/aromatic N) is 9. The number of hydrogen-bond donors (Lipinski definition) is 0. The van der Waals surface area contributed by atoms with Gasteiger partial charge in [-0.2, -0.15) is 0 Å². The van der Waals surface area contributed by atoms with E-state index in [1.807, 2.05) is 18.2 Å². The van der Waals surface area contributed by atoms with Crippen LogP contribution in [-0.4, -0.2) is 50.8 Å². The summed E-state index contributed by atoms with van der Waals surface area (Å²) >= 11 is 1.74. The number of para-hydroxylation sites is 7. The SMILES string of the molecule is c1ccc(-n2c(-c3ccc(-c4ccc5c6ccccc6n6c(nc7c8ccccc8c8ccccc8c76)c5c4)cc3)nc3ccccc32)cc1.c1ccc([Si](c2ccccc2)(c2ccccc2)c2ccc(-c3ccc4c(c3)c3ccccc3n3c4nc4c5ccccc5c5ccccc5c43)cc2)cc1.c1ccc2sc(-c3ccc(-c4ccc5c6ccccc6n6c(nc7c8ccccc8c8ccccc8c76)c5c4)cc3)nc2c1. The lowest BCUT2D eigenvalue weighted by molar-refractivity contribution is 1.10. The maximum atomic E-state index is 5.47. The highest BCUT2D eigenvalue weighted by molar-refractivity contribution is 7.21. The first-order valence-corrected chi connectivity index (χ1v) is 53.3. The fourth-order valence-corrected chi connectivity index (χ4v) is 29.8. The molecule has 0 radical (unpaired) electrons. The van der Waals surface area contributed by atoms with E-state index in [2.05, 4.69) is 515 Å². The highest BCUT2D eigenvalue weighted by Crippen LogP contribution is 2.47. The summed E-state index contributed by atoms with van der Waals surface area (Å²) < 4.78 is 10.6. The van der Waals surface area contributed by atoms with E-state index in [-0.39, 0.29) is 0 Å². The second-order valence-corrected chi connectivity index (χ2v) is 43.5. The van der Waals surface area contributed by atoms with E-state index in [0.29, 0.717) is 0 Å². The minimum atomic E-state index is -2.60. The molecule has 0 saturated carbocycles. The lowest BCUT2D eigenvalue weighted by Gasteiger charge is -2.34. The van der Waals surface area contributed by atoms with Gasteiger partial charge in [0.05, 0.1) is 70.9 Å². The van der Waals surface area contributed by atoms with Crippen LogP contribution in [0.5, 0.6) is 0 Å². The summed E-state index contributed by atoms with van der Waals surface area (Å²) in [5, 5.41) is 32.0. The second kappa shape index (κ2) is 34.0. The van der Waals surface area contributed by atoms with Crippen molar-refractivity contribution in [2.24, 2.45) is 0 Å². The number of fused-ring (bicyclic) bond motifs is 41. The lowest BCUT2D eigenvalue weighted by atomic mass is 9.98. The Bertz CT molecular complexity index is 10900. The molecule has 8 aromatic heterocycles. The molecule has 11 heteroatoms. The Morgan fingerprint density at radius 1 is 0.176 bits per heavy atom. The summed E-state index contributed by atoms with van der Waals surface area (Å²) in [6, 6.07) is 187. The quantitative estimate of drug-likeness (QED) is 0.0774. The first-order valence-electron chi connectivity index (χ1n) is 50.5. The fourth-order valence-electron chi connectivity index (χ4n) is 24.1. The molecule has 32 rings (SSSR count). The Kier molecular flexibility index (Phi) is 19.4. The molecule has 148 heavy (non-hydrogen) atoms. The smallest absolute Gasteiger partial charge is 0.179 e. The van der Waals surface area contributed by atoms with Crippen LogP contribution in [0.3, 0.4) is 0 Å². The molecule has 9 nitrogen and oxygen atoms in total. The third-order valence-electron chi connectivity index (χ3n) is 30.8. The Morgan fingerprint density at radius 3 is 0.878 bits per heavy atom. The van der Waals surface area contributed by atoms with E-state index < -0.39 is 8.07 Å².